The van der Waals surface area contributed by atoms with E-state index in [4.69, 9.17) is 51.1 Å². The first-order valence-corrected chi connectivity index (χ1v) is 7.05. The fraction of sp³-hybridized carbons (Fsp3) is 0.0714. The number of rotatable bonds is 4. The molecule has 0 atom stereocenters. The van der Waals surface area contributed by atoms with Crippen LogP contribution in [0.25, 0.3) is 0 Å². The molecule has 0 saturated heterocycles. The maximum atomic E-state index is 12.0. The van der Waals surface area contributed by atoms with Gasteiger partial charge in [0, 0.05) is 10.6 Å². The number of Topliss-reactive ketones (excluding diaryl/α,β-unsaturated/α-hetero) is 1. The molecule has 104 valence electrons. The van der Waals surface area contributed by atoms with Gasteiger partial charge in [-0.2, -0.15) is 0 Å². The van der Waals surface area contributed by atoms with Gasteiger partial charge in [-0.3, -0.25) is 4.79 Å². The lowest BCUT2D eigenvalue weighted by molar-refractivity contribution is 0.0922. The Morgan fingerprint density at radius 3 is 2.50 bits per heavy atom. The van der Waals surface area contributed by atoms with Gasteiger partial charge in [-0.1, -0.05) is 52.5 Å². The van der Waals surface area contributed by atoms with Gasteiger partial charge in [-0.05, 0) is 30.3 Å². The van der Waals surface area contributed by atoms with E-state index in [0.29, 0.717) is 26.4 Å². The summed E-state index contributed by atoms with van der Waals surface area (Å²) in [4.78, 5) is 12.0. The molecule has 0 saturated carbocycles. The van der Waals surface area contributed by atoms with Crippen molar-refractivity contribution in [1.29, 1.82) is 0 Å². The molecule has 0 bridgehead atoms. The molecule has 2 aromatic rings. The Balaban J connectivity index is 2.13. The number of ether oxygens (including phenoxy) is 1. The van der Waals surface area contributed by atoms with E-state index in [1.807, 2.05) is 0 Å². The number of ketones is 1. The molecule has 2 rings (SSSR count). The maximum Gasteiger partial charge on any atom is 0.201 e. The fourth-order valence-corrected chi connectivity index (χ4v) is 2.27. The highest BCUT2D eigenvalue weighted by atomic mass is 35.5. The highest BCUT2D eigenvalue weighted by Crippen LogP contribution is 2.31. The van der Waals surface area contributed by atoms with E-state index < -0.39 is 0 Å². The van der Waals surface area contributed by atoms with Crippen molar-refractivity contribution >= 4 is 52.2 Å². The maximum absolute atomic E-state index is 12.0. The topological polar surface area (TPSA) is 26.3 Å². The van der Waals surface area contributed by atoms with Crippen molar-refractivity contribution in [3.05, 3.63) is 62.1 Å². The lowest BCUT2D eigenvalue weighted by atomic mass is 10.1. The van der Waals surface area contributed by atoms with Gasteiger partial charge in [0.05, 0.1) is 10.0 Å². The summed E-state index contributed by atoms with van der Waals surface area (Å²) in [7, 11) is 0. The van der Waals surface area contributed by atoms with E-state index >= 15 is 0 Å². The molecule has 6 heteroatoms. The van der Waals surface area contributed by atoms with E-state index in [1.165, 1.54) is 6.07 Å². The molecule has 0 heterocycles. The van der Waals surface area contributed by atoms with Crippen molar-refractivity contribution in [2.24, 2.45) is 0 Å². The molecule has 0 aliphatic carbocycles. The zero-order valence-electron chi connectivity index (χ0n) is 10.00. The molecule has 0 N–H and O–H groups in total. The minimum Gasteiger partial charge on any atom is -0.484 e. The second-order valence-electron chi connectivity index (χ2n) is 3.89. The monoisotopic (exact) mass is 348 g/mol. The van der Waals surface area contributed by atoms with Gasteiger partial charge in [0.2, 0.25) is 5.78 Å². The highest BCUT2D eigenvalue weighted by Gasteiger charge is 2.13. The minimum absolute atomic E-state index is 0.208. The lowest BCUT2D eigenvalue weighted by Gasteiger charge is -2.09. The van der Waals surface area contributed by atoms with Crippen LogP contribution in [0.15, 0.2) is 36.4 Å². The summed E-state index contributed by atoms with van der Waals surface area (Å²) in [5.41, 5.74) is 0.303. The van der Waals surface area contributed by atoms with Gasteiger partial charge < -0.3 is 4.74 Å². The summed E-state index contributed by atoms with van der Waals surface area (Å²) in [6.07, 6.45) is 0. The van der Waals surface area contributed by atoms with Crippen LogP contribution in [0.3, 0.4) is 0 Å². The van der Waals surface area contributed by atoms with Crippen LogP contribution in [0.1, 0.15) is 10.4 Å². The third-order valence-corrected chi connectivity index (χ3v) is 3.87. The van der Waals surface area contributed by atoms with Crippen LogP contribution in [-0.4, -0.2) is 12.4 Å². The van der Waals surface area contributed by atoms with Crippen LogP contribution in [0.5, 0.6) is 5.75 Å². The Labute approximate surface area is 136 Å². The number of halogens is 4. The summed E-state index contributed by atoms with van der Waals surface area (Å²) < 4.78 is 5.36. The summed E-state index contributed by atoms with van der Waals surface area (Å²) in [5, 5.41) is 1.37. The molecule has 20 heavy (non-hydrogen) atoms. The van der Waals surface area contributed by atoms with Gasteiger partial charge in [0.15, 0.2) is 6.61 Å². The largest absolute Gasteiger partial charge is 0.484 e. The van der Waals surface area contributed by atoms with Gasteiger partial charge >= 0.3 is 0 Å². The third-order valence-electron chi connectivity index (χ3n) is 2.50. The summed E-state index contributed by atoms with van der Waals surface area (Å²) in [6.45, 7) is -0.208. The molecule has 0 spiro atoms. The molecule has 2 nitrogen and oxygen atoms in total. The molecular weight excluding hydrogens is 342 g/mol. The summed E-state index contributed by atoms with van der Waals surface area (Å²) in [5.74, 6) is 0.0409. The highest BCUT2D eigenvalue weighted by molar-refractivity contribution is 6.43. The number of hydrogen-bond acceptors (Lipinski definition) is 2. The normalized spacial score (nSPS) is 10.4. The Morgan fingerprint density at radius 1 is 1.00 bits per heavy atom. The van der Waals surface area contributed by atoms with Gasteiger partial charge in [-0.15, -0.1) is 0 Å². The quantitative estimate of drug-likeness (QED) is 0.675. The number of carbonyl (C=O) groups excluding carboxylic acids is 1. The second-order valence-corrected chi connectivity index (χ2v) is 5.52. The molecular formula is C14H8Cl4O2. The summed E-state index contributed by atoms with van der Waals surface area (Å²) in [6, 6.07) is 9.60. The zero-order valence-corrected chi connectivity index (χ0v) is 13.0. The molecule has 0 aromatic heterocycles. The Morgan fingerprint density at radius 2 is 1.75 bits per heavy atom. The predicted molar refractivity (Wildman–Crippen MR) is 82.7 cm³/mol. The zero-order chi connectivity index (χ0) is 14.7. The molecule has 0 aliphatic rings. The first-order valence-electron chi connectivity index (χ1n) is 5.54. The molecule has 0 unspecified atom stereocenters. The standard InChI is InChI=1S/C14H8Cl4O2/c15-8-4-5-10(16)9(6-8)12(19)7-20-13-3-1-2-11(17)14(13)18/h1-6H,7H2. The van der Waals surface area contributed by atoms with E-state index in [1.54, 1.807) is 30.3 Å². The molecule has 0 fully saturated rings. The SMILES string of the molecule is O=C(COc1cccc(Cl)c1Cl)c1cc(Cl)ccc1Cl. The van der Waals surface area contributed by atoms with Crippen LogP contribution < -0.4 is 4.74 Å². The number of hydrogen-bond donors (Lipinski definition) is 0. The van der Waals surface area contributed by atoms with Crippen LogP contribution in [0.2, 0.25) is 20.1 Å². The summed E-state index contributed by atoms with van der Waals surface area (Å²) >= 11 is 23.6. The molecule has 0 radical (unpaired) electrons. The van der Waals surface area contributed by atoms with Crippen molar-refractivity contribution in [3.63, 3.8) is 0 Å². The van der Waals surface area contributed by atoms with Gasteiger partial charge in [0.1, 0.15) is 10.8 Å². The Kier molecular flexibility index (Phi) is 5.17. The van der Waals surface area contributed by atoms with E-state index in [0.717, 1.165) is 0 Å². The fourth-order valence-electron chi connectivity index (χ4n) is 1.53. The second kappa shape index (κ2) is 6.68. The minimum atomic E-state index is -0.298. The molecule has 0 amide bonds. The van der Waals surface area contributed by atoms with Crippen LogP contribution in [-0.2, 0) is 0 Å². The van der Waals surface area contributed by atoms with Gasteiger partial charge in [0.25, 0.3) is 0 Å². The van der Waals surface area contributed by atoms with Crippen molar-refractivity contribution in [3.8, 4) is 5.75 Å². The van der Waals surface area contributed by atoms with E-state index in [-0.39, 0.29) is 17.4 Å². The lowest BCUT2D eigenvalue weighted by Crippen LogP contribution is -2.12. The van der Waals surface area contributed by atoms with Crippen molar-refractivity contribution in [2.45, 2.75) is 0 Å². The van der Waals surface area contributed by atoms with Crippen molar-refractivity contribution in [1.82, 2.24) is 0 Å². The molecule has 2 aromatic carbocycles. The third kappa shape index (κ3) is 3.58. The van der Waals surface area contributed by atoms with E-state index in [9.17, 15) is 4.79 Å². The first kappa shape index (κ1) is 15.5. The number of benzene rings is 2. The average Bonchev–Trinajstić information content (AvgIpc) is 2.43. The van der Waals surface area contributed by atoms with Crippen molar-refractivity contribution < 1.29 is 9.53 Å². The Hall–Kier alpha value is -0.930. The first-order chi connectivity index (χ1) is 9.49. The molecule has 0 aliphatic heterocycles. The predicted octanol–water partition coefficient (Wildman–Crippen LogP) is 5.56. The van der Waals surface area contributed by atoms with Crippen molar-refractivity contribution in [2.75, 3.05) is 6.61 Å². The smallest absolute Gasteiger partial charge is 0.201 e. The van der Waals surface area contributed by atoms with E-state index in [2.05, 4.69) is 0 Å². The van der Waals surface area contributed by atoms with Crippen LogP contribution in [0, 0.1) is 0 Å². The van der Waals surface area contributed by atoms with Crippen LogP contribution in [0.4, 0.5) is 0 Å². The Bertz CT molecular complexity index is 656. The van der Waals surface area contributed by atoms with Gasteiger partial charge in [-0.25, -0.2) is 0 Å². The van der Waals surface area contributed by atoms with Crippen LogP contribution >= 0.6 is 46.4 Å². The number of carbonyl (C=O) groups is 1. The average molecular weight is 350 g/mol.